The molecule has 1 aromatic heterocycles. The summed E-state index contributed by atoms with van der Waals surface area (Å²) in [6.07, 6.45) is 0.862. The topological polar surface area (TPSA) is 204 Å². The van der Waals surface area contributed by atoms with E-state index >= 15 is 0 Å². The van der Waals surface area contributed by atoms with Crippen LogP contribution in [-0.4, -0.2) is 74.8 Å². The fraction of sp³-hybridized carbons (Fsp3) is 0.435. The lowest BCUT2D eigenvalue weighted by Gasteiger charge is -2.25. The summed E-state index contributed by atoms with van der Waals surface area (Å²) >= 11 is 3.94. The number of amides is 3. The van der Waals surface area contributed by atoms with Crippen LogP contribution in [0.3, 0.4) is 0 Å². The van der Waals surface area contributed by atoms with Crippen LogP contribution in [0.25, 0.3) is 10.9 Å². The monoisotopic (exact) mass is 521 g/mol. The van der Waals surface area contributed by atoms with E-state index in [9.17, 15) is 34.2 Å². The average molecular weight is 522 g/mol. The fourth-order valence-electron chi connectivity index (χ4n) is 3.41. The van der Waals surface area contributed by atoms with Crippen molar-refractivity contribution in [1.29, 1.82) is 0 Å². The number of carbonyl (C=O) groups is 5. The zero-order valence-electron chi connectivity index (χ0n) is 19.9. The highest BCUT2D eigenvalue weighted by Crippen LogP contribution is 2.19. The van der Waals surface area contributed by atoms with Gasteiger partial charge in [-0.2, -0.15) is 12.6 Å². The molecule has 3 amide bonds. The van der Waals surface area contributed by atoms with Crippen LogP contribution in [0.4, 0.5) is 0 Å². The van der Waals surface area contributed by atoms with Crippen molar-refractivity contribution in [3.05, 3.63) is 36.0 Å². The minimum absolute atomic E-state index is 0.0419. The molecule has 1 aromatic carbocycles. The normalized spacial score (nSPS) is 14.5. The van der Waals surface area contributed by atoms with Crippen LogP contribution in [0.5, 0.6) is 0 Å². The minimum atomic E-state index is -1.52. The summed E-state index contributed by atoms with van der Waals surface area (Å²) in [7, 11) is 0. The quantitative estimate of drug-likeness (QED) is 0.163. The van der Waals surface area contributed by atoms with E-state index in [0.29, 0.717) is 5.56 Å². The highest BCUT2D eigenvalue weighted by molar-refractivity contribution is 7.80. The minimum Gasteiger partial charge on any atom is -0.481 e. The van der Waals surface area contributed by atoms with E-state index in [1.807, 2.05) is 18.2 Å². The molecule has 0 fully saturated rings. The Bertz CT molecular complexity index is 1120. The predicted octanol–water partition coefficient (Wildman–Crippen LogP) is -0.363. The van der Waals surface area contributed by atoms with E-state index in [4.69, 9.17) is 5.73 Å². The first-order valence-electron chi connectivity index (χ1n) is 11.2. The maximum Gasteiger partial charge on any atom is 0.327 e. The van der Waals surface area contributed by atoms with Crippen LogP contribution in [0, 0.1) is 5.92 Å². The third kappa shape index (κ3) is 7.71. The van der Waals surface area contributed by atoms with E-state index in [1.165, 1.54) is 0 Å². The van der Waals surface area contributed by atoms with Gasteiger partial charge < -0.3 is 36.9 Å². The van der Waals surface area contributed by atoms with Crippen molar-refractivity contribution in [3.8, 4) is 0 Å². The number of aliphatic carboxylic acids is 2. The number of hydrogen-bond acceptors (Lipinski definition) is 7. The third-order valence-electron chi connectivity index (χ3n) is 5.56. The van der Waals surface area contributed by atoms with Gasteiger partial charge in [-0.25, -0.2) is 4.79 Å². The van der Waals surface area contributed by atoms with Gasteiger partial charge in [0.2, 0.25) is 17.7 Å². The predicted molar refractivity (Wildman–Crippen MR) is 134 cm³/mol. The van der Waals surface area contributed by atoms with Crippen molar-refractivity contribution in [2.24, 2.45) is 11.7 Å². The van der Waals surface area contributed by atoms with Gasteiger partial charge in [-0.1, -0.05) is 32.0 Å². The molecule has 0 saturated carbocycles. The molecule has 8 N–H and O–H groups in total. The Balaban J connectivity index is 2.32. The molecule has 36 heavy (non-hydrogen) atoms. The molecule has 0 aliphatic carbocycles. The number of rotatable bonds is 13. The number of nitrogens with two attached hydrogens (primary N) is 1. The lowest BCUT2D eigenvalue weighted by atomic mass is 10.0. The fourth-order valence-corrected chi connectivity index (χ4v) is 3.66. The molecule has 2 aromatic rings. The summed E-state index contributed by atoms with van der Waals surface area (Å²) in [6, 6.07) is 2.15. The number of carboxylic acid groups (broad SMARTS) is 2. The first-order valence-corrected chi connectivity index (χ1v) is 11.8. The molecule has 0 saturated heterocycles. The summed E-state index contributed by atoms with van der Waals surface area (Å²) < 4.78 is 0. The summed E-state index contributed by atoms with van der Waals surface area (Å²) in [6.45, 7) is 3.39. The van der Waals surface area contributed by atoms with E-state index in [2.05, 4.69) is 33.6 Å². The molecular weight excluding hydrogens is 490 g/mol. The second-order valence-corrected chi connectivity index (χ2v) is 9.00. The van der Waals surface area contributed by atoms with Crippen LogP contribution < -0.4 is 21.7 Å². The number of nitrogens with one attached hydrogen (secondary N) is 4. The number of carboxylic acids is 2. The standard InChI is InChI=1S/C23H31N5O7S/c1-11(2)19(24)22(33)27-16(8-18(29)30)21(32)26-15(20(31)28-17(10-36)23(34)35)7-12-9-25-14-6-4-3-5-13(12)14/h3-6,9,11,15-17,19,25,36H,7-8,10,24H2,1-2H3,(H,26,32)(H,27,33)(H,28,31)(H,29,30)(H,34,35). The van der Waals surface area contributed by atoms with Crippen LogP contribution in [0.1, 0.15) is 25.8 Å². The number of fused-ring (bicyclic) bond motifs is 1. The summed E-state index contributed by atoms with van der Waals surface area (Å²) in [5.41, 5.74) is 7.25. The average Bonchev–Trinajstić information content (AvgIpc) is 3.23. The van der Waals surface area contributed by atoms with E-state index in [-0.39, 0.29) is 18.1 Å². The molecule has 1 heterocycles. The van der Waals surface area contributed by atoms with Crippen molar-refractivity contribution in [2.75, 3.05) is 5.75 Å². The van der Waals surface area contributed by atoms with Crippen molar-refractivity contribution in [2.45, 2.75) is 50.9 Å². The molecule has 0 aliphatic heterocycles. The number of H-pyrrole nitrogens is 1. The second kappa shape index (κ2) is 12.9. The Hall–Kier alpha value is -3.58. The number of aromatic nitrogens is 1. The highest BCUT2D eigenvalue weighted by atomic mass is 32.1. The van der Waals surface area contributed by atoms with Gasteiger partial charge in [-0.15, -0.1) is 0 Å². The van der Waals surface area contributed by atoms with E-state index in [0.717, 1.165) is 10.9 Å². The molecule has 4 atom stereocenters. The van der Waals surface area contributed by atoms with Crippen LogP contribution in [-0.2, 0) is 30.4 Å². The smallest absolute Gasteiger partial charge is 0.327 e. The number of carbonyl (C=O) groups excluding carboxylic acids is 3. The molecule has 4 unspecified atom stereocenters. The molecular formula is C23H31N5O7S. The third-order valence-corrected chi connectivity index (χ3v) is 5.93. The molecule has 12 nitrogen and oxygen atoms in total. The van der Waals surface area contributed by atoms with Gasteiger partial charge in [0.25, 0.3) is 0 Å². The Kier molecular flexibility index (Phi) is 10.3. The van der Waals surface area contributed by atoms with Gasteiger partial charge in [0, 0.05) is 29.3 Å². The molecule has 13 heteroatoms. The maximum atomic E-state index is 13.1. The van der Waals surface area contributed by atoms with Gasteiger partial charge in [-0.3, -0.25) is 19.2 Å². The van der Waals surface area contributed by atoms with Crippen molar-refractivity contribution >= 4 is 53.2 Å². The number of hydrogen-bond donors (Lipinski definition) is 8. The molecule has 0 aliphatic rings. The summed E-state index contributed by atoms with van der Waals surface area (Å²) in [5.74, 6) is -5.59. The molecule has 0 radical (unpaired) electrons. The van der Waals surface area contributed by atoms with Crippen LogP contribution in [0.2, 0.25) is 0 Å². The number of thiol groups is 1. The zero-order valence-corrected chi connectivity index (χ0v) is 20.7. The largest absolute Gasteiger partial charge is 0.481 e. The van der Waals surface area contributed by atoms with Crippen LogP contribution >= 0.6 is 12.6 Å². The zero-order chi connectivity index (χ0) is 27.0. The summed E-state index contributed by atoms with van der Waals surface area (Å²) in [4.78, 5) is 64.3. The Morgan fingerprint density at radius 3 is 2.11 bits per heavy atom. The Morgan fingerprint density at radius 1 is 0.944 bits per heavy atom. The van der Waals surface area contributed by atoms with Crippen molar-refractivity contribution in [3.63, 3.8) is 0 Å². The van der Waals surface area contributed by atoms with E-state index < -0.39 is 60.2 Å². The molecule has 2 rings (SSSR count). The van der Waals surface area contributed by atoms with Gasteiger partial charge in [0.1, 0.15) is 18.1 Å². The van der Waals surface area contributed by atoms with Gasteiger partial charge in [-0.05, 0) is 17.5 Å². The van der Waals surface area contributed by atoms with Gasteiger partial charge in [0.15, 0.2) is 0 Å². The first-order chi connectivity index (χ1) is 16.9. The lowest BCUT2D eigenvalue weighted by molar-refractivity contribution is -0.142. The van der Waals surface area contributed by atoms with Crippen molar-refractivity contribution < 1.29 is 34.2 Å². The van der Waals surface area contributed by atoms with Crippen LogP contribution in [0.15, 0.2) is 30.5 Å². The molecule has 0 bridgehead atoms. The number of para-hydroxylation sites is 1. The summed E-state index contributed by atoms with van der Waals surface area (Å²) in [5, 5.41) is 26.4. The Morgan fingerprint density at radius 2 is 1.53 bits per heavy atom. The molecule has 0 spiro atoms. The van der Waals surface area contributed by atoms with E-state index in [1.54, 1.807) is 26.1 Å². The Labute approximate surface area is 212 Å². The van der Waals surface area contributed by atoms with Crippen molar-refractivity contribution in [1.82, 2.24) is 20.9 Å². The SMILES string of the molecule is CC(C)C(N)C(=O)NC(CC(=O)O)C(=O)NC(Cc1c[nH]c2ccccc12)C(=O)NC(CS)C(=O)O. The lowest BCUT2D eigenvalue weighted by Crippen LogP contribution is -2.58. The van der Waals surface area contributed by atoms with Gasteiger partial charge >= 0.3 is 11.9 Å². The van der Waals surface area contributed by atoms with Gasteiger partial charge in [0.05, 0.1) is 12.5 Å². The first kappa shape index (κ1) is 28.7. The maximum absolute atomic E-state index is 13.1. The number of benzene rings is 1. The second-order valence-electron chi connectivity index (χ2n) is 8.64. The number of aromatic amines is 1. The molecule has 196 valence electrons. The highest BCUT2D eigenvalue weighted by Gasteiger charge is 2.32.